The van der Waals surface area contributed by atoms with E-state index in [2.05, 4.69) is 27.8 Å². The third-order valence-electron chi connectivity index (χ3n) is 2.26. The average molecular weight is 298 g/mol. The van der Waals surface area contributed by atoms with Crippen LogP contribution in [0.3, 0.4) is 0 Å². The first-order chi connectivity index (χ1) is 7.66. The molecule has 0 radical (unpaired) electrons. The minimum atomic E-state index is 0.530. The number of ether oxygens (including phenoxy) is 1. The third kappa shape index (κ3) is 2.62. The lowest BCUT2D eigenvalue weighted by Gasteiger charge is -2.05. The highest BCUT2D eigenvalue weighted by molar-refractivity contribution is 9.10. The zero-order valence-electron chi connectivity index (χ0n) is 9.16. The summed E-state index contributed by atoms with van der Waals surface area (Å²) >= 11 is 5.14. The normalized spacial score (nSPS) is 10.4. The smallest absolute Gasteiger partial charge is 0.140 e. The fourth-order valence-electron chi connectivity index (χ4n) is 1.30. The van der Waals surface area contributed by atoms with E-state index < -0.39 is 0 Å². The third-order valence-corrected chi connectivity index (χ3v) is 3.96. The van der Waals surface area contributed by atoms with Crippen molar-refractivity contribution >= 4 is 27.3 Å². The Balaban J connectivity index is 2.05. The molecule has 0 saturated heterocycles. The minimum Gasteiger partial charge on any atom is -0.485 e. The van der Waals surface area contributed by atoms with Crippen molar-refractivity contribution in [2.45, 2.75) is 20.5 Å². The van der Waals surface area contributed by atoms with E-state index in [1.807, 2.05) is 31.2 Å². The molecule has 2 rings (SSSR count). The van der Waals surface area contributed by atoms with Crippen LogP contribution in [0.2, 0.25) is 0 Å². The second-order valence-corrected chi connectivity index (χ2v) is 5.61. The molecule has 0 aliphatic rings. The van der Waals surface area contributed by atoms with Crippen molar-refractivity contribution in [1.29, 1.82) is 0 Å². The van der Waals surface area contributed by atoms with Crippen molar-refractivity contribution in [2.24, 2.45) is 0 Å². The van der Waals surface area contributed by atoms with Crippen molar-refractivity contribution < 1.29 is 4.74 Å². The van der Waals surface area contributed by atoms with Gasteiger partial charge in [0.25, 0.3) is 0 Å². The van der Waals surface area contributed by atoms with Gasteiger partial charge in [-0.15, -0.1) is 11.3 Å². The molecule has 2 aromatic rings. The van der Waals surface area contributed by atoms with Gasteiger partial charge in [-0.1, -0.05) is 12.1 Å². The summed E-state index contributed by atoms with van der Waals surface area (Å²) in [5.74, 6) is 0.855. The lowest BCUT2D eigenvalue weighted by Crippen LogP contribution is -1.95. The number of thiazole rings is 1. The maximum atomic E-state index is 5.69. The Labute approximate surface area is 107 Å². The molecule has 0 bridgehead atoms. The number of benzene rings is 1. The second-order valence-electron chi connectivity index (χ2n) is 3.47. The molecular formula is C12H12BrNOS. The Morgan fingerprint density at radius 3 is 2.69 bits per heavy atom. The summed E-state index contributed by atoms with van der Waals surface area (Å²) in [7, 11) is 0. The summed E-state index contributed by atoms with van der Waals surface area (Å²) in [5, 5.41) is 1.02. The lowest BCUT2D eigenvalue weighted by atomic mass is 10.3. The van der Waals surface area contributed by atoms with Crippen LogP contribution in [0, 0.1) is 13.8 Å². The van der Waals surface area contributed by atoms with Gasteiger partial charge in [0.15, 0.2) is 0 Å². The number of aromatic nitrogens is 1. The highest BCUT2D eigenvalue weighted by Crippen LogP contribution is 2.25. The van der Waals surface area contributed by atoms with Gasteiger partial charge >= 0.3 is 0 Å². The summed E-state index contributed by atoms with van der Waals surface area (Å²) in [5.41, 5.74) is 1.09. The Hall–Kier alpha value is -0.870. The second kappa shape index (κ2) is 4.97. The van der Waals surface area contributed by atoms with Gasteiger partial charge in [-0.2, -0.15) is 0 Å². The molecule has 0 atom stereocenters. The van der Waals surface area contributed by atoms with Crippen molar-refractivity contribution in [3.05, 3.63) is 44.3 Å². The Morgan fingerprint density at radius 2 is 2.06 bits per heavy atom. The highest BCUT2D eigenvalue weighted by atomic mass is 79.9. The number of hydrogen-bond acceptors (Lipinski definition) is 3. The molecule has 0 aliphatic heterocycles. The molecule has 0 amide bonds. The van der Waals surface area contributed by atoms with E-state index in [0.717, 1.165) is 20.9 Å². The van der Waals surface area contributed by atoms with Gasteiger partial charge in [0, 0.05) is 4.88 Å². The Morgan fingerprint density at radius 1 is 1.31 bits per heavy atom. The van der Waals surface area contributed by atoms with E-state index in [0.29, 0.717) is 6.61 Å². The SMILES string of the molecule is Cc1nc(COc2ccccc2Br)sc1C. The molecule has 1 aromatic heterocycles. The van der Waals surface area contributed by atoms with Crippen LogP contribution in [-0.4, -0.2) is 4.98 Å². The maximum absolute atomic E-state index is 5.69. The van der Waals surface area contributed by atoms with Crippen molar-refractivity contribution in [3.63, 3.8) is 0 Å². The monoisotopic (exact) mass is 297 g/mol. The zero-order chi connectivity index (χ0) is 11.5. The van der Waals surface area contributed by atoms with Crippen molar-refractivity contribution in [2.75, 3.05) is 0 Å². The first-order valence-electron chi connectivity index (χ1n) is 4.97. The van der Waals surface area contributed by atoms with Crippen LogP contribution in [0.5, 0.6) is 5.75 Å². The fourth-order valence-corrected chi connectivity index (χ4v) is 2.55. The first-order valence-corrected chi connectivity index (χ1v) is 6.58. The number of nitrogens with zero attached hydrogens (tertiary/aromatic N) is 1. The highest BCUT2D eigenvalue weighted by Gasteiger charge is 2.05. The number of aryl methyl sites for hydroxylation is 2. The minimum absolute atomic E-state index is 0.530. The average Bonchev–Trinajstić information content (AvgIpc) is 2.57. The zero-order valence-corrected chi connectivity index (χ0v) is 11.6. The molecule has 1 aromatic carbocycles. The predicted molar refractivity (Wildman–Crippen MR) is 70.1 cm³/mol. The lowest BCUT2D eigenvalue weighted by molar-refractivity contribution is 0.303. The molecule has 0 spiro atoms. The van der Waals surface area contributed by atoms with E-state index in [1.165, 1.54) is 4.88 Å². The summed E-state index contributed by atoms with van der Waals surface area (Å²) in [6, 6.07) is 7.83. The Bertz CT molecular complexity index is 476. The Kier molecular flexibility index (Phi) is 3.61. The van der Waals surface area contributed by atoms with Crippen LogP contribution < -0.4 is 4.74 Å². The number of hydrogen-bond donors (Lipinski definition) is 0. The molecule has 16 heavy (non-hydrogen) atoms. The van der Waals surface area contributed by atoms with E-state index >= 15 is 0 Å². The van der Waals surface area contributed by atoms with E-state index in [1.54, 1.807) is 11.3 Å². The van der Waals surface area contributed by atoms with Gasteiger partial charge in [0.2, 0.25) is 0 Å². The van der Waals surface area contributed by atoms with Gasteiger partial charge in [-0.05, 0) is 41.9 Å². The molecule has 0 N–H and O–H groups in total. The summed E-state index contributed by atoms with van der Waals surface area (Å²) in [6.07, 6.45) is 0. The number of para-hydroxylation sites is 1. The van der Waals surface area contributed by atoms with Crippen LogP contribution in [0.1, 0.15) is 15.6 Å². The van der Waals surface area contributed by atoms with Crippen LogP contribution in [0.4, 0.5) is 0 Å². The maximum Gasteiger partial charge on any atom is 0.140 e. The van der Waals surface area contributed by atoms with Crippen LogP contribution in [0.25, 0.3) is 0 Å². The van der Waals surface area contributed by atoms with Gasteiger partial charge in [-0.25, -0.2) is 4.98 Å². The summed E-state index contributed by atoms with van der Waals surface area (Å²) < 4.78 is 6.66. The first kappa shape index (κ1) is 11.6. The fraction of sp³-hybridized carbons (Fsp3) is 0.250. The van der Waals surface area contributed by atoms with Gasteiger partial charge in [0.1, 0.15) is 17.4 Å². The molecule has 0 saturated carbocycles. The van der Waals surface area contributed by atoms with Crippen molar-refractivity contribution in [3.8, 4) is 5.75 Å². The number of halogens is 1. The summed E-state index contributed by atoms with van der Waals surface area (Å²) in [6.45, 7) is 4.63. The predicted octanol–water partition coefficient (Wildman–Crippen LogP) is 4.10. The van der Waals surface area contributed by atoms with Gasteiger partial charge in [-0.3, -0.25) is 0 Å². The molecule has 0 fully saturated rings. The molecular weight excluding hydrogens is 286 g/mol. The number of rotatable bonds is 3. The largest absolute Gasteiger partial charge is 0.485 e. The van der Waals surface area contributed by atoms with Gasteiger partial charge < -0.3 is 4.74 Å². The molecule has 1 heterocycles. The molecule has 0 unspecified atom stereocenters. The van der Waals surface area contributed by atoms with Crippen LogP contribution in [-0.2, 0) is 6.61 Å². The van der Waals surface area contributed by atoms with E-state index in [-0.39, 0.29) is 0 Å². The van der Waals surface area contributed by atoms with Gasteiger partial charge in [0.05, 0.1) is 10.2 Å². The van der Waals surface area contributed by atoms with Crippen LogP contribution >= 0.6 is 27.3 Å². The summed E-state index contributed by atoms with van der Waals surface area (Å²) in [4.78, 5) is 5.69. The quantitative estimate of drug-likeness (QED) is 0.851. The molecule has 84 valence electrons. The molecule has 2 nitrogen and oxygen atoms in total. The van der Waals surface area contributed by atoms with Crippen LogP contribution in [0.15, 0.2) is 28.7 Å². The molecule has 0 aliphatic carbocycles. The van der Waals surface area contributed by atoms with E-state index in [4.69, 9.17) is 4.74 Å². The topological polar surface area (TPSA) is 22.1 Å². The molecule has 4 heteroatoms. The van der Waals surface area contributed by atoms with E-state index in [9.17, 15) is 0 Å². The van der Waals surface area contributed by atoms with Crippen molar-refractivity contribution in [1.82, 2.24) is 4.98 Å². The standard InChI is InChI=1S/C12H12BrNOS/c1-8-9(2)16-12(14-8)7-15-11-6-4-3-5-10(11)13/h3-6H,7H2,1-2H3.